The van der Waals surface area contributed by atoms with Crippen molar-refractivity contribution in [2.75, 3.05) is 11.5 Å². The number of benzene rings is 2. The van der Waals surface area contributed by atoms with Crippen LogP contribution >= 0.6 is 11.8 Å². The molecule has 3 aromatic rings. The van der Waals surface area contributed by atoms with Crippen LogP contribution in [0.25, 0.3) is 10.8 Å². The molecule has 22 heavy (non-hydrogen) atoms. The summed E-state index contributed by atoms with van der Waals surface area (Å²) in [4.78, 5) is 4.48. The Balaban J connectivity index is 1.68. The zero-order valence-corrected chi connectivity index (χ0v) is 13.2. The summed E-state index contributed by atoms with van der Waals surface area (Å²) in [6, 6.07) is 12.9. The van der Waals surface area contributed by atoms with E-state index in [1.807, 2.05) is 30.3 Å². The molecule has 2 heterocycles. The van der Waals surface area contributed by atoms with E-state index in [4.69, 9.17) is 0 Å². The predicted octanol–water partition coefficient (Wildman–Crippen LogP) is 2.55. The molecule has 0 bridgehead atoms. The summed E-state index contributed by atoms with van der Waals surface area (Å²) in [6.45, 7) is 0. The van der Waals surface area contributed by atoms with E-state index >= 15 is 0 Å². The smallest absolute Gasteiger partial charge is 0.186 e. The number of hydrogen-bond acceptors (Lipinski definition) is 5. The predicted molar refractivity (Wildman–Crippen MR) is 85.8 cm³/mol. The Labute approximate surface area is 132 Å². The highest BCUT2D eigenvalue weighted by molar-refractivity contribution is 7.99. The molecule has 1 aliphatic rings. The summed E-state index contributed by atoms with van der Waals surface area (Å²) in [6.07, 6.45) is 1.47. The molecule has 0 fully saturated rings. The van der Waals surface area contributed by atoms with Crippen LogP contribution in [-0.4, -0.2) is 34.7 Å². The van der Waals surface area contributed by atoms with Gasteiger partial charge in [-0.1, -0.05) is 42.1 Å². The molecule has 0 aliphatic carbocycles. The lowest BCUT2D eigenvalue weighted by atomic mass is 10.1. The molecule has 7 heteroatoms. The summed E-state index contributed by atoms with van der Waals surface area (Å²) in [5, 5.41) is 6.89. The quantitative estimate of drug-likeness (QED) is 0.738. The average Bonchev–Trinajstić information content (AvgIpc) is 3.12. The van der Waals surface area contributed by atoms with Crippen molar-refractivity contribution in [1.29, 1.82) is 0 Å². The van der Waals surface area contributed by atoms with Crippen molar-refractivity contribution in [3.8, 4) is 0 Å². The minimum atomic E-state index is -3.36. The zero-order chi connectivity index (χ0) is 15.2. The number of fused-ring (bicyclic) bond motifs is 2. The van der Waals surface area contributed by atoms with Crippen molar-refractivity contribution in [3.05, 3.63) is 48.8 Å². The van der Waals surface area contributed by atoms with Gasteiger partial charge >= 0.3 is 0 Å². The lowest BCUT2D eigenvalue weighted by Crippen LogP contribution is -2.20. The summed E-state index contributed by atoms with van der Waals surface area (Å²) < 4.78 is 27.1. The molecule has 5 nitrogen and oxygen atoms in total. The molecule has 1 unspecified atom stereocenters. The minimum Gasteiger partial charge on any atom is -0.236 e. The fourth-order valence-corrected chi connectivity index (χ4v) is 5.40. The minimum absolute atomic E-state index is 0.0503. The van der Waals surface area contributed by atoms with Gasteiger partial charge in [0.15, 0.2) is 15.0 Å². The molecular formula is C15H13N3O2S2. The normalized spacial score (nSPS) is 17.7. The first kappa shape index (κ1) is 13.8. The van der Waals surface area contributed by atoms with Gasteiger partial charge in [0, 0.05) is 5.75 Å². The second-order valence-electron chi connectivity index (χ2n) is 5.24. The summed E-state index contributed by atoms with van der Waals surface area (Å²) in [5.41, 5.74) is 0. The highest BCUT2D eigenvalue weighted by Gasteiger charge is 2.30. The van der Waals surface area contributed by atoms with Crippen LogP contribution in [-0.2, 0) is 9.84 Å². The van der Waals surface area contributed by atoms with Gasteiger partial charge < -0.3 is 0 Å². The molecule has 0 saturated heterocycles. The largest absolute Gasteiger partial charge is 0.236 e. The lowest BCUT2D eigenvalue weighted by molar-refractivity contribution is 0.504. The molecular weight excluding hydrogens is 318 g/mol. The molecule has 1 aliphatic heterocycles. The molecule has 0 spiro atoms. The van der Waals surface area contributed by atoms with E-state index in [2.05, 4.69) is 10.1 Å². The molecule has 4 rings (SSSR count). The summed E-state index contributed by atoms with van der Waals surface area (Å²) in [5.74, 6) is 0.748. The van der Waals surface area contributed by atoms with Gasteiger partial charge in [-0.15, -0.1) is 0 Å². The molecule has 1 atom stereocenters. The zero-order valence-electron chi connectivity index (χ0n) is 11.6. The van der Waals surface area contributed by atoms with Crippen LogP contribution in [0.5, 0.6) is 0 Å². The second-order valence-corrected chi connectivity index (χ2v) is 8.26. The number of thioether (sulfide) groups is 1. The van der Waals surface area contributed by atoms with Crippen molar-refractivity contribution in [2.45, 2.75) is 16.1 Å². The van der Waals surface area contributed by atoms with Crippen LogP contribution in [0.1, 0.15) is 6.04 Å². The highest BCUT2D eigenvalue weighted by atomic mass is 32.2. The topological polar surface area (TPSA) is 64.8 Å². The maximum absolute atomic E-state index is 12.7. The van der Waals surface area contributed by atoms with Crippen molar-refractivity contribution < 1.29 is 8.42 Å². The van der Waals surface area contributed by atoms with Crippen molar-refractivity contribution in [1.82, 2.24) is 14.8 Å². The Bertz CT molecular complexity index is 950. The van der Waals surface area contributed by atoms with Crippen LogP contribution in [0.3, 0.4) is 0 Å². The first-order valence-corrected chi connectivity index (χ1v) is 9.51. The Hall–Kier alpha value is -1.86. The Morgan fingerprint density at radius 3 is 2.86 bits per heavy atom. The summed E-state index contributed by atoms with van der Waals surface area (Å²) >= 11 is 1.55. The van der Waals surface area contributed by atoms with E-state index in [-0.39, 0.29) is 11.8 Å². The van der Waals surface area contributed by atoms with Gasteiger partial charge in [-0.05, 0) is 22.9 Å². The van der Waals surface area contributed by atoms with Gasteiger partial charge in [-0.25, -0.2) is 18.1 Å². The van der Waals surface area contributed by atoms with Crippen LogP contribution in [0.15, 0.2) is 58.8 Å². The van der Waals surface area contributed by atoms with E-state index < -0.39 is 9.84 Å². The third-order valence-electron chi connectivity index (χ3n) is 3.78. The molecule has 0 radical (unpaired) electrons. The highest BCUT2D eigenvalue weighted by Crippen LogP contribution is 2.32. The maximum atomic E-state index is 12.7. The SMILES string of the molecule is O=S(=O)(CC1CSc2ncnn21)c1ccc2ccccc2c1. The number of aromatic nitrogens is 3. The number of rotatable bonds is 3. The number of sulfone groups is 1. The molecule has 112 valence electrons. The first-order chi connectivity index (χ1) is 10.6. The lowest BCUT2D eigenvalue weighted by Gasteiger charge is -2.12. The van der Waals surface area contributed by atoms with Gasteiger partial charge in [0.2, 0.25) is 0 Å². The van der Waals surface area contributed by atoms with E-state index in [0.717, 1.165) is 15.9 Å². The van der Waals surface area contributed by atoms with E-state index in [1.54, 1.807) is 28.6 Å². The van der Waals surface area contributed by atoms with Gasteiger partial charge in [-0.2, -0.15) is 5.10 Å². The van der Waals surface area contributed by atoms with Crippen LogP contribution in [0.4, 0.5) is 0 Å². The third-order valence-corrected chi connectivity index (χ3v) is 6.68. The maximum Gasteiger partial charge on any atom is 0.186 e. The molecule has 0 saturated carbocycles. The van der Waals surface area contributed by atoms with Crippen LogP contribution < -0.4 is 0 Å². The Morgan fingerprint density at radius 1 is 1.18 bits per heavy atom. The van der Waals surface area contributed by atoms with Gasteiger partial charge in [0.05, 0.1) is 16.7 Å². The van der Waals surface area contributed by atoms with Crippen molar-refractivity contribution in [3.63, 3.8) is 0 Å². The Morgan fingerprint density at radius 2 is 2.00 bits per heavy atom. The van der Waals surface area contributed by atoms with Crippen molar-refractivity contribution in [2.24, 2.45) is 0 Å². The Kier molecular flexibility index (Phi) is 3.19. The van der Waals surface area contributed by atoms with Crippen LogP contribution in [0, 0.1) is 0 Å². The summed E-state index contributed by atoms with van der Waals surface area (Å²) in [7, 11) is -3.36. The third kappa shape index (κ3) is 2.30. The van der Waals surface area contributed by atoms with E-state index in [9.17, 15) is 8.42 Å². The second kappa shape index (κ2) is 5.10. The first-order valence-electron chi connectivity index (χ1n) is 6.87. The molecule has 0 N–H and O–H groups in total. The number of nitrogens with zero attached hydrogens (tertiary/aromatic N) is 3. The standard InChI is InChI=1S/C15H13N3O2S2/c19-22(20,9-13-8-21-15-16-10-17-18(13)15)14-6-5-11-3-1-2-4-12(11)7-14/h1-7,10,13H,8-9H2. The average molecular weight is 331 g/mol. The van der Waals surface area contributed by atoms with Crippen molar-refractivity contribution >= 4 is 32.4 Å². The molecule has 0 amide bonds. The number of hydrogen-bond donors (Lipinski definition) is 0. The fraction of sp³-hybridized carbons (Fsp3) is 0.200. The molecule has 1 aromatic heterocycles. The fourth-order valence-electron chi connectivity index (χ4n) is 2.66. The van der Waals surface area contributed by atoms with Gasteiger partial charge in [-0.3, -0.25) is 0 Å². The monoisotopic (exact) mass is 331 g/mol. The molecule has 2 aromatic carbocycles. The van der Waals surface area contributed by atoms with E-state index in [1.165, 1.54) is 6.33 Å². The van der Waals surface area contributed by atoms with E-state index in [0.29, 0.717) is 10.6 Å². The van der Waals surface area contributed by atoms with Crippen LogP contribution in [0.2, 0.25) is 0 Å². The van der Waals surface area contributed by atoms with Gasteiger partial charge in [0.1, 0.15) is 6.33 Å². The van der Waals surface area contributed by atoms with Gasteiger partial charge in [0.25, 0.3) is 0 Å².